The lowest BCUT2D eigenvalue weighted by Crippen LogP contribution is -2.20. The van der Waals surface area contributed by atoms with Crippen LogP contribution in [0.1, 0.15) is 11.1 Å². The van der Waals surface area contributed by atoms with E-state index >= 15 is 0 Å². The Morgan fingerprint density at radius 3 is 2.44 bits per heavy atom. The number of hydrogen-bond acceptors (Lipinski definition) is 3. The van der Waals surface area contributed by atoms with Crippen LogP contribution in [0.15, 0.2) is 65.5 Å². The highest BCUT2D eigenvalue weighted by Crippen LogP contribution is 2.38. The Morgan fingerprint density at radius 1 is 1.00 bits per heavy atom. The maximum atomic E-state index is 12.3. The van der Waals surface area contributed by atoms with Gasteiger partial charge in [0.2, 0.25) is 5.91 Å². The summed E-state index contributed by atoms with van der Waals surface area (Å²) in [6.45, 7) is 0. The normalized spacial score (nSPS) is 11.3. The maximum absolute atomic E-state index is 12.3. The summed E-state index contributed by atoms with van der Waals surface area (Å²) in [4.78, 5) is 12.3. The van der Waals surface area contributed by atoms with Crippen LogP contribution in [0, 0.1) is 0 Å². The van der Waals surface area contributed by atoms with E-state index in [4.69, 9.17) is 0 Å². The number of carbonyl (C=O) groups excluding carboxylic acids is 1. The molecule has 0 radical (unpaired) electrons. The molecule has 1 amide bonds. The molecule has 0 saturated heterocycles. The molecule has 0 spiro atoms. The zero-order valence-corrected chi connectivity index (χ0v) is 20.0. The summed E-state index contributed by atoms with van der Waals surface area (Å²) in [6.07, 6.45) is 1.68. The average molecular weight is 620 g/mol. The minimum Gasteiger partial charge on any atom is -0.506 e. The molecular weight excluding hydrogens is 608 g/mol. The van der Waals surface area contributed by atoms with Crippen LogP contribution in [0.5, 0.6) is 5.75 Å². The van der Waals surface area contributed by atoms with Crippen LogP contribution in [0.4, 0.5) is 0 Å². The summed E-state index contributed by atoms with van der Waals surface area (Å²) < 4.78 is 2.73. The zero-order chi connectivity index (χ0) is 19.6. The zero-order valence-electron chi connectivity index (χ0n) is 13.6. The number of halogens is 4. The van der Waals surface area contributed by atoms with E-state index in [9.17, 15) is 9.90 Å². The number of benzene rings is 3. The summed E-state index contributed by atoms with van der Waals surface area (Å²) in [7, 11) is 0. The van der Waals surface area contributed by atoms with E-state index in [0.29, 0.717) is 14.5 Å². The fourth-order valence-electron chi connectivity index (χ4n) is 2.57. The van der Waals surface area contributed by atoms with Gasteiger partial charge in [-0.05, 0) is 60.3 Å². The first-order chi connectivity index (χ1) is 12.9. The smallest absolute Gasteiger partial charge is 0.244 e. The number of hydrazone groups is 1. The van der Waals surface area contributed by atoms with Crippen molar-refractivity contribution in [1.82, 2.24) is 5.43 Å². The Balaban J connectivity index is 1.76. The largest absolute Gasteiger partial charge is 0.506 e. The Kier molecular flexibility index (Phi) is 6.73. The lowest BCUT2D eigenvalue weighted by Gasteiger charge is -2.08. The molecule has 27 heavy (non-hydrogen) atoms. The number of rotatable bonds is 4. The Hall–Kier alpha value is -1.22. The minimum atomic E-state index is -0.229. The van der Waals surface area contributed by atoms with Crippen molar-refractivity contribution in [2.24, 2.45) is 5.10 Å². The average Bonchev–Trinajstić information content (AvgIpc) is 2.65. The predicted octanol–water partition coefficient (Wildman–Crippen LogP) is 6.29. The Morgan fingerprint density at radius 2 is 1.70 bits per heavy atom. The van der Waals surface area contributed by atoms with Gasteiger partial charge in [0, 0.05) is 14.5 Å². The van der Waals surface area contributed by atoms with Crippen LogP contribution in [0.25, 0.3) is 10.8 Å². The summed E-state index contributed by atoms with van der Waals surface area (Å²) in [5, 5.41) is 16.1. The molecule has 0 heterocycles. The van der Waals surface area contributed by atoms with E-state index in [1.807, 2.05) is 36.4 Å². The summed E-state index contributed by atoms with van der Waals surface area (Å²) in [5.41, 5.74) is 4.07. The minimum absolute atomic E-state index is 0.0623. The van der Waals surface area contributed by atoms with Gasteiger partial charge in [0.25, 0.3) is 0 Å². The second-order valence-corrected chi connectivity index (χ2v) is 8.99. The second-order valence-electron chi connectivity index (χ2n) is 5.64. The standard InChI is InChI=1S/C19H12Br4N2O2/c20-14-6-5-10(11-3-1-2-4-12(11)14)7-17(26)25-24-9-13-15(21)8-16(22)19(27)18(13)23/h1-6,8-9,27H,7H2,(H,25,26)/b24-9-. The van der Waals surface area contributed by atoms with Crippen molar-refractivity contribution in [3.05, 3.63) is 71.5 Å². The third kappa shape index (κ3) is 4.62. The molecule has 0 aliphatic heterocycles. The highest BCUT2D eigenvalue weighted by Gasteiger charge is 2.12. The lowest BCUT2D eigenvalue weighted by molar-refractivity contribution is -0.120. The van der Waals surface area contributed by atoms with Crippen molar-refractivity contribution in [3.8, 4) is 5.75 Å². The van der Waals surface area contributed by atoms with Crippen LogP contribution in [0.2, 0.25) is 0 Å². The topological polar surface area (TPSA) is 61.7 Å². The molecular formula is C19H12Br4N2O2. The van der Waals surface area contributed by atoms with Gasteiger partial charge < -0.3 is 5.11 Å². The number of hydrogen-bond donors (Lipinski definition) is 2. The first-order valence-corrected chi connectivity index (χ1v) is 10.9. The molecule has 0 fully saturated rings. The molecule has 4 nitrogen and oxygen atoms in total. The molecule has 0 aliphatic carbocycles. The molecule has 0 saturated carbocycles. The van der Waals surface area contributed by atoms with Crippen LogP contribution < -0.4 is 5.43 Å². The van der Waals surface area contributed by atoms with Gasteiger partial charge in [-0.2, -0.15) is 5.10 Å². The molecule has 3 aromatic carbocycles. The quantitative estimate of drug-likeness (QED) is 0.267. The molecule has 3 rings (SSSR count). The van der Waals surface area contributed by atoms with Crippen molar-refractivity contribution in [1.29, 1.82) is 0 Å². The molecule has 138 valence electrons. The summed E-state index contributed by atoms with van der Waals surface area (Å²) in [5.74, 6) is -0.167. The van der Waals surface area contributed by atoms with Crippen molar-refractivity contribution in [2.45, 2.75) is 6.42 Å². The number of nitrogens with one attached hydrogen (secondary N) is 1. The van der Waals surface area contributed by atoms with Crippen molar-refractivity contribution < 1.29 is 9.90 Å². The SMILES string of the molecule is O=C(Cc1ccc(Br)c2ccccc12)N/N=C\c1c(Br)cc(Br)c(O)c1Br. The van der Waals surface area contributed by atoms with E-state index in [0.717, 1.165) is 25.3 Å². The van der Waals surface area contributed by atoms with Crippen LogP contribution in [-0.4, -0.2) is 17.2 Å². The number of phenols is 1. The van der Waals surface area contributed by atoms with Gasteiger partial charge >= 0.3 is 0 Å². The molecule has 0 atom stereocenters. The number of aromatic hydroxyl groups is 1. The fourth-order valence-corrected chi connectivity index (χ4v) is 5.38. The third-order valence-corrected chi connectivity index (χ3v) is 6.63. The highest BCUT2D eigenvalue weighted by molar-refractivity contribution is 9.11. The number of fused-ring (bicyclic) bond motifs is 1. The second kappa shape index (κ2) is 8.86. The molecule has 2 N–H and O–H groups in total. The van der Waals surface area contributed by atoms with E-state index in [1.54, 1.807) is 6.07 Å². The predicted molar refractivity (Wildman–Crippen MR) is 122 cm³/mol. The highest BCUT2D eigenvalue weighted by atomic mass is 79.9. The lowest BCUT2D eigenvalue weighted by atomic mass is 10.0. The van der Waals surface area contributed by atoms with Gasteiger partial charge in [0.15, 0.2) is 0 Å². The summed E-state index contributed by atoms with van der Waals surface area (Å²) >= 11 is 13.5. The van der Waals surface area contributed by atoms with Crippen molar-refractivity contribution in [2.75, 3.05) is 0 Å². The van der Waals surface area contributed by atoms with Gasteiger partial charge in [-0.1, -0.05) is 62.2 Å². The number of amides is 1. The monoisotopic (exact) mass is 616 g/mol. The van der Waals surface area contributed by atoms with Crippen LogP contribution in [-0.2, 0) is 11.2 Å². The van der Waals surface area contributed by atoms with E-state index in [2.05, 4.69) is 74.2 Å². The molecule has 0 bridgehead atoms. The van der Waals surface area contributed by atoms with Crippen LogP contribution in [0.3, 0.4) is 0 Å². The first-order valence-electron chi connectivity index (χ1n) is 7.73. The molecule has 8 heteroatoms. The number of nitrogens with zero attached hydrogens (tertiary/aromatic N) is 1. The third-order valence-electron chi connectivity index (χ3n) is 3.88. The van der Waals surface area contributed by atoms with Gasteiger partial charge in [0.1, 0.15) is 5.75 Å². The Labute approximate surface area is 189 Å². The van der Waals surface area contributed by atoms with Crippen molar-refractivity contribution >= 4 is 86.6 Å². The maximum Gasteiger partial charge on any atom is 0.244 e. The van der Waals surface area contributed by atoms with Crippen LogP contribution >= 0.6 is 63.7 Å². The van der Waals surface area contributed by atoms with E-state index < -0.39 is 0 Å². The molecule has 0 unspecified atom stereocenters. The first kappa shape index (κ1) is 20.5. The molecule has 0 aromatic heterocycles. The van der Waals surface area contributed by atoms with Gasteiger partial charge in [-0.15, -0.1) is 0 Å². The van der Waals surface area contributed by atoms with Gasteiger partial charge in [-0.3, -0.25) is 4.79 Å². The Bertz CT molecular complexity index is 1070. The number of carbonyl (C=O) groups is 1. The van der Waals surface area contributed by atoms with Gasteiger partial charge in [-0.25, -0.2) is 5.43 Å². The summed E-state index contributed by atoms with van der Waals surface area (Å²) in [6, 6.07) is 13.5. The van der Waals surface area contributed by atoms with Crippen molar-refractivity contribution in [3.63, 3.8) is 0 Å². The van der Waals surface area contributed by atoms with E-state index in [-0.39, 0.29) is 18.1 Å². The molecule has 3 aromatic rings. The fraction of sp³-hybridized carbons (Fsp3) is 0.0526. The molecule has 0 aliphatic rings. The van der Waals surface area contributed by atoms with E-state index in [1.165, 1.54) is 6.21 Å². The number of phenolic OH excluding ortho intramolecular Hbond substituents is 1. The van der Waals surface area contributed by atoms with Gasteiger partial charge in [0.05, 0.1) is 21.6 Å².